The summed E-state index contributed by atoms with van der Waals surface area (Å²) < 4.78 is 5.85. The van der Waals surface area contributed by atoms with Crippen molar-refractivity contribution >= 4 is 28.1 Å². The fourth-order valence-electron chi connectivity index (χ4n) is 3.11. The highest BCUT2D eigenvalue weighted by Gasteiger charge is 2.15. The van der Waals surface area contributed by atoms with Gasteiger partial charge in [0, 0.05) is 27.9 Å². The Hall–Kier alpha value is -2.93. The number of rotatable bonds is 6. The number of nitrogens with zero attached hydrogens (tertiary/aromatic N) is 2. The van der Waals surface area contributed by atoms with E-state index in [1.807, 2.05) is 33.1 Å². The molecule has 3 rings (SSSR count). The van der Waals surface area contributed by atoms with Gasteiger partial charge in [0.15, 0.2) is 5.13 Å². The van der Waals surface area contributed by atoms with E-state index in [-0.39, 0.29) is 6.10 Å². The van der Waals surface area contributed by atoms with Crippen LogP contribution in [0.1, 0.15) is 41.2 Å². The van der Waals surface area contributed by atoms with Crippen molar-refractivity contribution in [3.05, 3.63) is 52.2 Å². The molecule has 28 heavy (non-hydrogen) atoms. The van der Waals surface area contributed by atoms with Gasteiger partial charge >= 0.3 is 0 Å². The molecule has 0 fully saturated rings. The second-order valence-corrected chi connectivity index (χ2v) is 7.80. The number of benzene rings is 1. The van der Waals surface area contributed by atoms with Crippen LogP contribution in [0.4, 0.5) is 10.8 Å². The van der Waals surface area contributed by atoms with E-state index in [1.54, 1.807) is 18.2 Å². The highest BCUT2D eigenvalue weighted by atomic mass is 32.1. The van der Waals surface area contributed by atoms with Crippen molar-refractivity contribution in [3.63, 3.8) is 0 Å². The maximum absolute atomic E-state index is 11.6. The number of amides is 1. The number of thiazole rings is 1. The van der Waals surface area contributed by atoms with Crippen molar-refractivity contribution in [3.8, 4) is 17.0 Å². The van der Waals surface area contributed by atoms with Gasteiger partial charge in [0.2, 0.25) is 5.91 Å². The summed E-state index contributed by atoms with van der Waals surface area (Å²) in [5.74, 6) is 0.150. The molecule has 7 heteroatoms. The SMILES string of the molecule is Cc1cc(C)c(-c2csc(Nc3cc(C(N)=O)ccc3OC(C)C)n2)c(C)n1. The Labute approximate surface area is 168 Å². The van der Waals surface area contributed by atoms with Gasteiger partial charge in [0.1, 0.15) is 5.75 Å². The number of hydrogen-bond donors (Lipinski definition) is 2. The Bertz CT molecular complexity index is 1000. The van der Waals surface area contributed by atoms with Crippen molar-refractivity contribution in [2.75, 3.05) is 5.32 Å². The number of nitrogens with one attached hydrogen (secondary N) is 1. The maximum Gasteiger partial charge on any atom is 0.248 e. The van der Waals surface area contributed by atoms with Crippen LogP contribution in [0.15, 0.2) is 29.6 Å². The van der Waals surface area contributed by atoms with E-state index in [0.717, 1.165) is 28.2 Å². The van der Waals surface area contributed by atoms with Crippen LogP contribution in [-0.2, 0) is 0 Å². The molecule has 0 spiro atoms. The summed E-state index contributed by atoms with van der Waals surface area (Å²) in [7, 11) is 0. The highest BCUT2D eigenvalue weighted by Crippen LogP contribution is 2.34. The number of primary amides is 1. The topological polar surface area (TPSA) is 90.1 Å². The second-order valence-electron chi connectivity index (χ2n) is 6.95. The van der Waals surface area contributed by atoms with E-state index in [1.165, 1.54) is 11.3 Å². The molecule has 0 unspecified atom stereocenters. The first-order valence-electron chi connectivity index (χ1n) is 9.03. The van der Waals surface area contributed by atoms with E-state index < -0.39 is 5.91 Å². The van der Waals surface area contributed by atoms with Crippen LogP contribution in [0, 0.1) is 20.8 Å². The Balaban J connectivity index is 1.95. The molecule has 1 amide bonds. The molecule has 0 atom stereocenters. The molecule has 2 heterocycles. The van der Waals surface area contributed by atoms with Gasteiger partial charge in [-0.05, 0) is 64.4 Å². The molecule has 0 radical (unpaired) electrons. The minimum absolute atomic E-state index is 0.00392. The number of carbonyl (C=O) groups excluding carboxylic acids is 1. The van der Waals surface area contributed by atoms with Gasteiger partial charge in [-0.1, -0.05) is 0 Å². The smallest absolute Gasteiger partial charge is 0.248 e. The Morgan fingerprint density at radius 1 is 1.18 bits per heavy atom. The number of aryl methyl sites for hydroxylation is 3. The van der Waals surface area contributed by atoms with Gasteiger partial charge in [-0.25, -0.2) is 4.98 Å². The largest absolute Gasteiger partial charge is 0.489 e. The summed E-state index contributed by atoms with van der Waals surface area (Å²) in [4.78, 5) is 20.8. The average molecular weight is 397 g/mol. The van der Waals surface area contributed by atoms with Crippen LogP contribution >= 0.6 is 11.3 Å². The molecule has 0 bridgehead atoms. The van der Waals surface area contributed by atoms with Crippen LogP contribution < -0.4 is 15.8 Å². The standard InChI is InChI=1S/C21H24N4O2S/c1-11(2)27-18-7-6-15(20(22)26)9-16(18)24-21-25-17(10-28-21)19-12(3)8-13(4)23-14(19)5/h6-11H,1-5H3,(H2,22,26)(H,24,25). The van der Waals surface area contributed by atoms with Gasteiger partial charge in [-0.2, -0.15) is 0 Å². The van der Waals surface area contributed by atoms with Crippen molar-refractivity contribution < 1.29 is 9.53 Å². The number of nitrogens with two attached hydrogens (primary N) is 1. The normalized spacial score (nSPS) is 10.9. The average Bonchev–Trinajstić information content (AvgIpc) is 3.03. The molecule has 6 nitrogen and oxygen atoms in total. The zero-order valence-corrected chi connectivity index (χ0v) is 17.5. The van der Waals surface area contributed by atoms with Crippen molar-refractivity contribution in [1.82, 2.24) is 9.97 Å². The fourth-order valence-corrected chi connectivity index (χ4v) is 3.82. The molecule has 3 aromatic rings. The van der Waals surface area contributed by atoms with Gasteiger partial charge in [-0.15, -0.1) is 11.3 Å². The molecular weight excluding hydrogens is 372 g/mol. The van der Waals surface area contributed by atoms with E-state index in [4.69, 9.17) is 15.5 Å². The van der Waals surface area contributed by atoms with E-state index in [9.17, 15) is 4.79 Å². The molecule has 0 saturated carbocycles. The first-order valence-corrected chi connectivity index (χ1v) is 9.91. The third-order valence-corrected chi connectivity index (χ3v) is 4.91. The first-order chi connectivity index (χ1) is 13.2. The van der Waals surface area contributed by atoms with Crippen molar-refractivity contribution in [1.29, 1.82) is 0 Å². The third kappa shape index (κ3) is 4.31. The zero-order valence-electron chi connectivity index (χ0n) is 16.7. The van der Waals surface area contributed by atoms with Crippen LogP contribution in [0.25, 0.3) is 11.3 Å². The van der Waals surface area contributed by atoms with E-state index in [0.29, 0.717) is 22.1 Å². The quantitative estimate of drug-likeness (QED) is 0.627. The molecule has 3 N–H and O–H groups in total. The summed E-state index contributed by atoms with van der Waals surface area (Å²) in [6, 6.07) is 7.14. The lowest BCUT2D eigenvalue weighted by atomic mass is 10.0. The summed E-state index contributed by atoms with van der Waals surface area (Å²) in [6.07, 6.45) is -0.00392. The number of ether oxygens (including phenoxy) is 1. The van der Waals surface area contributed by atoms with Gasteiger partial charge in [0.25, 0.3) is 0 Å². The third-order valence-electron chi connectivity index (χ3n) is 4.15. The summed E-state index contributed by atoms with van der Waals surface area (Å²) in [6.45, 7) is 9.94. The fraction of sp³-hybridized carbons (Fsp3) is 0.286. The number of carbonyl (C=O) groups is 1. The lowest BCUT2D eigenvalue weighted by Crippen LogP contribution is -2.12. The van der Waals surface area contributed by atoms with Crippen molar-refractivity contribution in [2.45, 2.75) is 40.7 Å². The number of hydrogen-bond acceptors (Lipinski definition) is 6. The minimum Gasteiger partial charge on any atom is -0.489 e. The molecule has 0 saturated heterocycles. The first kappa shape index (κ1) is 19.8. The van der Waals surface area contributed by atoms with Crippen LogP contribution in [0.3, 0.4) is 0 Å². The van der Waals surface area contributed by atoms with Crippen LogP contribution in [-0.4, -0.2) is 22.0 Å². The molecule has 2 aromatic heterocycles. The van der Waals surface area contributed by atoms with Gasteiger partial charge < -0.3 is 15.8 Å². The van der Waals surface area contributed by atoms with Gasteiger partial charge in [-0.3, -0.25) is 9.78 Å². The lowest BCUT2D eigenvalue weighted by molar-refractivity contribution is 0.100. The summed E-state index contributed by atoms with van der Waals surface area (Å²) >= 11 is 1.48. The summed E-state index contributed by atoms with van der Waals surface area (Å²) in [5, 5.41) is 5.96. The van der Waals surface area contributed by atoms with Crippen molar-refractivity contribution in [2.24, 2.45) is 5.73 Å². The Morgan fingerprint density at radius 2 is 1.93 bits per heavy atom. The van der Waals surface area contributed by atoms with E-state index >= 15 is 0 Å². The van der Waals surface area contributed by atoms with Gasteiger partial charge in [0.05, 0.1) is 17.5 Å². The predicted octanol–water partition coefficient (Wildman–Crippen LogP) is 4.76. The maximum atomic E-state index is 11.6. The highest BCUT2D eigenvalue weighted by molar-refractivity contribution is 7.14. The molecule has 146 valence electrons. The molecule has 0 aliphatic rings. The minimum atomic E-state index is -0.490. The Kier molecular flexibility index (Phi) is 5.65. The zero-order chi connectivity index (χ0) is 20.4. The number of anilines is 2. The monoisotopic (exact) mass is 396 g/mol. The van der Waals surface area contributed by atoms with Crippen LogP contribution in [0.5, 0.6) is 5.75 Å². The Morgan fingerprint density at radius 3 is 2.57 bits per heavy atom. The molecule has 1 aromatic carbocycles. The van der Waals surface area contributed by atoms with E-state index in [2.05, 4.69) is 23.3 Å². The van der Waals surface area contributed by atoms with Crippen LogP contribution in [0.2, 0.25) is 0 Å². The molecule has 0 aliphatic carbocycles. The molecule has 0 aliphatic heterocycles. The second kappa shape index (κ2) is 7.98. The number of aromatic nitrogens is 2. The lowest BCUT2D eigenvalue weighted by Gasteiger charge is -2.15. The number of pyridine rings is 1. The molecular formula is C21H24N4O2S. The summed E-state index contributed by atoms with van der Waals surface area (Å²) in [5.41, 5.74) is 11.5. The predicted molar refractivity (Wildman–Crippen MR) is 114 cm³/mol.